The second kappa shape index (κ2) is 7.53. The van der Waals surface area contributed by atoms with Crippen LogP contribution in [0.4, 0.5) is 0 Å². The van der Waals surface area contributed by atoms with Gasteiger partial charge in [0, 0.05) is 12.1 Å². The fraction of sp³-hybridized carbons (Fsp3) is 0.250. The molecule has 0 atom stereocenters. The van der Waals surface area contributed by atoms with Crippen LogP contribution < -0.4 is 10.1 Å². The van der Waals surface area contributed by atoms with Gasteiger partial charge in [0.25, 0.3) is 0 Å². The van der Waals surface area contributed by atoms with Crippen molar-refractivity contribution in [2.45, 2.75) is 20.1 Å². The molecule has 0 saturated heterocycles. The lowest BCUT2D eigenvalue weighted by Crippen LogP contribution is -2.11. The summed E-state index contributed by atoms with van der Waals surface area (Å²) < 4.78 is 5.78. The summed E-state index contributed by atoms with van der Waals surface area (Å²) in [6, 6.07) is 13.6. The van der Waals surface area contributed by atoms with Gasteiger partial charge in [-0.25, -0.2) is 0 Å². The molecule has 20 heavy (non-hydrogen) atoms. The highest BCUT2D eigenvalue weighted by molar-refractivity contribution is 6.42. The fourth-order valence-electron chi connectivity index (χ4n) is 1.84. The summed E-state index contributed by atoms with van der Waals surface area (Å²) in [5.74, 6) is 0.830. The Hall–Kier alpha value is -1.22. The van der Waals surface area contributed by atoms with E-state index in [1.807, 2.05) is 30.3 Å². The van der Waals surface area contributed by atoms with Crippen LogP contribution in [0.25, 0.3) is 0 Å². The van der Waals surface area contributed by atoms with Gasteiger partial charge < -0.3 is 10.1 Å². The zero-order valence-electron chi connectivity index (χ0n) is 11.3. The van der Waals surface area contributed by atoms with E-state index in [1.165, 1.54) is 5.56 Å². The quantitative estimate of drug-likeness (QED) is 0.836. The number of hydrogen-bond donors (Lipinski definition) is 1. The first-order chi connectivity index (χ1) is 9.70. The van der Waals surface area contributed by atoms with Crippen LogP contribution in [-0.4, -0.2) is 6.54 Å². The molecule has 2 aromatic rings. The summed E-state index contributed by atoms with van der Waals surface area (Å²) in [6.07, 6.45) is 0. The van der Waals surface area contributed by atoms with Crippen LogP contribution >= 0.6 is 23.2 Å². The van der Waals surface area contributed by atoms with E-state index in [-0.39, 0.29) is 0 Å². The first kappa shape index (κ1) is 15.2. The summed E-state index contributed by atoms with van der Waals surface area (Å²) in [5, 5.41) is 4.39. The van der Waals surface area contributed by atoms with Crippen LogP contribution in [0.15, 0.2) is 42.5 Å². The molecule has 2 rings (SSSR count). The Morgan fingerprint density at radius 1 is 1.10 bits per heavy atom. The van der Waals surface area contributed by atoms with Gasteiger partial charge in [0.15, 0.2) is 0 Å². The molecule has 0 aliphatic rings. The van der Waals surface area contributed by atoms with Gasteiger partial charge in [-0.05, 0) is 30.3 Å². The zero-order chi connectivity index (χ0) is 14.4. The summed E-state index contributed by atoms with van der Waals surface area (Å²) in [7, 11) is 0. The number of halogens is 2. The van der Waals surface area contributed by atoms with Crippen molar-refractivity contribution in [3.8, 4) is 5.75 Å². The maximum Gasteiger partial charge on any atom is 0.120 e. The third-order valence-corrected chi connectivity index (χ3v) is 3.76. The van der Waals surface area contributed by atoms with E-state index in [1.54, 1.807) is 6.07 Å². The third-order valence-electron chi connectivity index (χ3n) is 2.90. The van der Waals surface area contributed by atoms with Gasteiger partial charge in [-0.15, -0.1) is 0 Å². The van der Waals surface area contributed by atoms with Gasteiger partial charge in [-0.3, -0.25) is 0 Å². The van der Waals surface area contributed by atoms with Crippen molar-refractivity contribution in [2.24, 2.45) is 0 Å². The van der Waals surface area contributed by atoms with Gasteiger partial charge >= 0.3 is 0 Å². The van der Waals surface area contributed by atoms with E-state index in [0.29, 0.717) is 16.7 Å². The number of nitrogens with one attached hydrogen (secondary N) is 1. The number of hydrogen-bond acceptors (Lipinski definition) is 2. The molecule has 2 aromatic carbocycles. The smallest absolute Gasteiger partial charge is 0.120 e. The Bertz CT molecular complexity index is 572. The molecule has 0 fully saturated rings. The second-order valence-corrected chi connectivity index (χ2v) is 5.21. The minimum absolute atomic E-state index is 0.407. The summed E-state index contributed by atoms with van der Waals surface area (Å²) in [4.78, 5) is 0. The molecule has 4 heteroatoms. The maximum absolute atomic E-state index is 6.14. The molecule has 0 unspecified atom stereocenters. The monoisotopic (exact) mass is 309 g/mol. The number of ether oxygens (including phenoxy) is 1. The molecule has 2 nitrogen and oxygen atoms in total. The molecule has 0 spiro atoms. The first-order valence-electron chi connectivity index (χ1n) is 6.56. The Labute approximate surface area is 129 Å². The van der Waals surface area contributed by atoms with E-state index in [2.05, 4.69) is 18.3 Å². The van der Waals surface area contributed by atoms with Crippen LogP contribution in [-0.2, 0) is 13.2 Å². The topological polar surface area (TPSA) is 21.3 Å². The second-order valence-electron chi connectivity index (χ2n) is 4.43. The predicted octanol–water partition coefficient (Wildman–Crippen LogP) is 4.68. The van der Waals surface area contributed by atoms with E-state index < -0.39 is 0 Å². The van der Waals surface area contributed by atoms with E-state index in [9.17, 15) is 0 Å². The largest absolute Gasteiger partial charge is 0.489 e. The zero-order valence-corrected chi connectivity index (χ0v) is 12.8. The van der Waals surface area contributed by atoms with Gasteiger partial charge in [0.1, 0.15) is 12.4 Å². The van der Waals surface area contributed by atoms with Gasteiger partial charge in [-0.1, -0.05) is 54.4 Å². The molecule has 0 aliphatic carbocycles. The highest BCUT2D eigenvalue weighted by Gasteiger charge is 2.05. The highest BCUT2D eigenvalue weighted by atomic mass is 35.5. The Morgan fingerprint density at radius 3 is 2.70 bits per heavy atom. The van der Waals surface area contributed by atoms with Crippen molar-refractivity contribution in [2.75, 3.05) is 6.54 Å². The number of benzene rings is 2. The molecule has 0 aromatic heterocycles. The van der Waals surface area contributed by atoms with Crippen molar-refractivity contribution in [3.05, 3.63) is 63.6 Å². The lowest BCUT2D eigenvalue weighted by molar-refractivity contribution is 0.306. The van der Waals surface area contributed by atoms with Crippen LogP contribution in [0.2, 0.25) is 10.0 Å². The summed E-state index contributed by atoms with van der Waals surface area (Å²) >= 11 is 12.1. The predicted molar refractivity (Wildman–Crippen MR) is 84.6 cm³/mol. The fourth-order valence-corrected chi connectivity index (χ4v) is 2.21. The molecular formula is C16H17Cl2NO. The minimum atomic E-state index is 0.407. The lowest BCUT2D eigenvalue weighted by atomic mass is 10.2. The van der Waals surface area contributed by atoms with E-state index >= 15 is 0 Å². The Balaban J connectivity index is 2.01. The highest BCUT2D eigenvalue weighted by Crippen LogP contribution is 2.26. The molecule has 106 valence electrons. The van der Waals surface area contributed by atoms with Crippen molar-refractivity contribution >= 4 is 23.2 Å². The van der Waals surface area contributed by atoms with Gasteiger partial charge in [0.05, 0.1) is 10.0 Å². The molecule has 0 bridgehead atoms. The van der Waals surface area contributed by atoms with Crippen molar-refractivity contribution in [1.29, 1.82) is 0 Å². The van der Waals surface area contributed by atoms with Crippen molar-refractivity contribution < 1.29 is 4.74 Å². The summed E-state index contributed by atoms with van der Waals surface area (Å²) in [6.45, 7) is 4.28. The van der Waals surface area contributed by atoms with Crippen molar-refractivity contribution in [3.63, 3.8) is 0 Å². The average molecular weight is 310 g/mol. The summed E-state index contributed by atoms with van der Waals surface area (Å²) in [5.41, 5.74) is 2.08. The molecule has 0 saturated carbocycles. The molecule has 0 amide bonds. The Morgan fingerprint density at radius 2 is 1.90 bits per heavy atom. The van der Waals surface area contributed by atoms with Crippen LogP contribution in [0.3, 0.4) is 0 Å². The van der Waals surface area contributed by atoms with Crippen molar-refractivity contribution in [1.82, 2.24) is 5.32 Å². The van der Waals surface area contributed by atoms with Gasteiger partial charge in [-0.2, -0.15) is 0 Å². The molecular weight excluding hydrogens is 293 g/mol. The molecule has 0 aliphatic heterocycles. The lowest BCUT2D eigenvalue weighted by Gasteiger charge is -2.10. The molecule has 0 radical (unpaired) electrons. The van der Waals surface area contributed by atoms with E-state index in [4.69, 9.17) is 27.9 Å². The van der Waals surface area contributed by atoms with Gasteiger partial charge in [0.2, 0.25) is 0 Å². The average Bonchev–Trinajstić information content (AvgIpc) is 2.47. The minimum Gasteiger partial charge on any atom is -0.489 e. The SMILES string of the molecule is CCNCc1cccc(OCc2cccc(Cl)c2Cl)c1. The Kier molecular flexibility index (Phi) is 5.72. The van der Waals surface area contributed by atoms with Crippen LogP contribution in [0.5, 0.6) is 5.75 Å². The van der Waals surface area contributed by atoms with Crippen LogP contribution in [0, 0.1) is 0 Å². The first-order valence-corrected chi connectivity index (χ1v) is 7.31. The third kappa shape index (κ3) is 4.14. The van der Waals surface area contributed by atoms with E-state index in [0.717, 1.165) is 24.4 Å². The number of rotatable bonds is 6. The molecule has 1 N–H and O–H groups in total. The standard InChI is InChI=1S/C16H17Cl2NO/c1-2-19-10-12-5-3-7-14(9-12)20-11-13-6-4-8-15(17)16(13)18/h3-9,19H,2,10-11H2,1H3. The normalized spacial score (nSPS) is 10.6. The molecule has 0 heterocycles. The maximum atomic E-state index is 6.14. The van der Waals surface area contributed by atoms with Crippen LogP contribution in [0.1, 0.15) is 18.1 Å².